The maximum absolute atomic E-state index is 12.6. The van der Waals surface area contributed by atoms with Crippen molar-refractivity contribution in [1.82, 2.24) is 14.7 Å². The first kappa shape index (κ1) is 16.6. The molecule has 1 aliphatic rings. The molecule has 26 heavy (non-hydrogen) atoms. The van der Waals surface area contributed by atoms with Crippen LogP contribution in [0.15, 0.2) is 54.9 Å². The molecule has 4 rings (SSSR count). The van der Waals surface area contributed by atoms with Crippen LogP contribution in [0.2, 0.25) is 0 Å². The highest BCUT2D eigenvalue weighted by molar-refractivity contribution is 5.96. The number of hydrogen-bond donors (Lipinski definition) is 1. The van der Waals surface area contributed by atoms with E-state index in [0.29, 0.717) is 24.5 Å². The third kappa shape index (κ3) is 3.70. The number of nitrogens with one attached hydrogen (secondary N) is 1. The fourth-order valence-electron chi connectivity index (χ4n) is 3.08. The third-order valence-corrected chi connectivity index (χ3v) is 4.42. The van der Waals surface area contributed by atoms with Crippen molar-refractivity contribution in [2.45, 2.75) is 25.5 Å². The first-order valence-electron chi connectivity index (χ1n) is 8.84. The summed E-state index contributed by atoms with van der Waals surface area (Å²) in [6.45, 7) is 1.62. The van der Waals surface area contributed by atoms with E-state index in [4.69, 9.17) is 9.47 Å². The van der Waals surface area contributed by atoms with Crippen molar-refractivity contribution < 1.29 is 14.3 Å². The van der Waals surface area contributed by atoms with E-state index in [9.17, 15) is 4.79 Å². The molecule has 2 aromatic heterocycles. The Morgan fingerprint density at radius 1 is 1.27 bits per heavy atom. The minimum atomic E-state index is -0.176. The number of imidazole rings is 1. The van der Waals surface area contributed by atoms with Crippen molar-refractivity contribution in [3.05, 3.63) is 66.1 Å². The van der Waals surface area contributed by atoms with Crippen LogP contribution in [-0.4, -0.2) is 34.6 Å². The summed E-state index contributed by atoms with van der Waals surface area (Å²) < 4.78 is 13.3. The zero-order valence-corrected chi connectivity index (χ0v) is 14.4. The van der Waals surface area contributed by atoms with Gasteiger partial charge in [0.2, 0.25) is 0 Å². The van der Waals surface area contributed by atoms with Crippen LogP contribution in [0.1, 0.15) is 28.9 Å². The highest BCUT2D eigenvalue weighted by Crippen LogP contribution is 2.20. The molecule has 0 saturated carbocycles. The molecule has 1 aromatic carbocycles. The van der Waals surface area contributed by atoms with Gasteiger partial charge in [0.25, 0.3) is 5.91 Å². The fourth-order valence-corrected chi connectivity index (χ4v) is 3.08. The summed E-state index contributed by atoms with van der Waals surface area (Å²) in [6, 6.07) is 13.1. The average molecular weight is 351 g/mol. The Kier molecular flexibility index (Phi) is 4.84. The Morgan fingerprint density at radius 2 is 2.15 bits per heavy atom. The minimum Gasteiger partial charge on any atom is -0.490 e. The lowest BCUT2D eigenvalue weighted by molar-refractivity contribution is 0.0670. The Labute approximate surface area is 151 Å². The second-order valence-corrected chi connectivity index (χ2v) is 6.32. The van der Waals surface area contributed by atoms with Crippen molar-refractivity contribution >= 4 is 11.6 Å². The second-order valence-electron chi connectivity index (χ2n) is 6.32. The van der Waals surface area contributed by atoms with Crippen molar-refractivity contribution in [2.75, 3.05) is 13.2 Å². The molecule has 1 fully saturated rings. The predicted molar refractivity (Wildman–Crippen MR) is 97.3 cm³/mol. The number of carbonyl (C=O) groups is 1. The number of aromatic nitrogens is 2. The van der Waals surface area contributed by atoms with Gasteiger partial charge in [0, 0.05) is 19.0 Å². The number of pyridine rings is 1. The maximum Gasteiger partial charge on any atom is 0.255 e. The fraction of sp³-hybridized carbons (Fsp3) is 0.300. The molecular formula is C20H21N3O3. The lowest BCUT2D eigenvalue weighted by Gasteiger charge is -2.14. The molecule has 1 aliphatic heterocycles. The number of benzene rings is 1. The lowest BCUT2D eigenvalue weighted by Crippen LogP contribution is -2.24. The average Bonchev–Trinajstić information content (AvgIpc) is 3.33. The van der Waals surface area contributed by atoms with E-state index < -0.39 is 0 Å². The van der Waals surface area contributed by atoms with Crippen LogP contribution in [0.3, 0.4) is 0 Å². The summed E-state index contributed by atoms with van der Waals surface area (Å²) in [7, 11) is 0. The monoisotopic (exact) mass is 351 g/mol. The number of nitrogens with zero attached hydrogens (tertiary/aromatic N) is 2. The number of para-hydroxylation sites is 1. The quantitative estimate of drug-likeness (QED) is 0.742. The van der Waals surface area contributed by atoms with Gasteiger partial charge in [-0.2, -0.15) is 0 Å². The van der Waals surface area contributed by atoms with Crippen molar-refractivity contribution in [2.24, 2.45) is 0 Å². The Hall–Kier alpha value is -2.86. The van der Waals surface area contributed by atoms with Gasteiger partial charge in [0.15, 0.2) is 0 Å². The van der Waals surface area contributed by atoms with Crippen LogP contribution in [0.4, 0.5) is 0 Å². The van der Waals surface area contributed by atoms with Crippen LogP contribution >= 0.6 is 0 Å². The van der Waals surface area contributed by atoms with Gasteiger partial charge in [-0.3, -0.25) is 4.79 Å². The van der Waals surface area contributed by atoms with Gasteiger partial charge in [0.1, 0.15) is 18.0 Å². The molecule has 1 atom stereocenters. The second kappa shape index (κ2) is 7.58. The summed E-state index contributed by atoms with van der Waals surface area (Å²) in [5.74, 6) is 0.403. The number of hydrogen-bond acceptors (Lipinski definition) is 4. The van der Waals surface area contributed by atoms with Gasteiger partial charge in [-0.15, -0.1) is 0 Å². The molecule has 0 spiro atoms. The summed E-state index contributed by atoms with van der Waals surface area (Å²) in [5, 5.41) is 2.92. The van der Waals surface area contributed by atoms with E-state index in [2.05, 4.69) is 10.3 Å². The molecular weight excluding hydrogens is 330 g/mol. The van der Waals surface area contributed by atoms with E-state index in [0.717, 1.165) is 30.8 Å². The molecule has 1 N–H and O–H groups in total. The summed E-state index contributed by atoms with van der Waals surface area (Å²) >= 11 is 0. The van der Waals surface area contributed by atoms with Gasteiger partial charge in [0.05, 0.1) is 23.9 Å². The Morgan fingerprint density at radius 3 is 3.00 bits per heavy atom. The van der Waals surface area contributed by atoms with E-state index in [-0.39, 0.29) is 12.0 Å². The molecule has 134 valence electrons. The molecule has 0 aliphatic carbocycles. The number of fused-ring (bicyclic) bond motifs is 1. The lowest BCUT2D eigenvalue weighted by atomic mass is 10.2. The topological polar surface area (TPSA) is 64.9 Å². The van der Waals surface area contributed by atoms with E-state index in [1.54, 1.807) is 6.07 Å². The smallest absolute Gasteiger partial charge is 0.255 e. The molecule has 1 unspecified atom stereocenters. The summed E-state index contributed by atoms with van der Waals surface area (Å²) in [6.07, 6.45) is 6.03. The van der Waals surface area contributed by atoms with Gasteiger partial charge < -0.3 is 19.2 Å². The molecule has 1 saturated heterocycles. The van der Waals surface area contributed by atoms with Crippen molar-refractivity contribution in [1.29, 1.82) is 0 Å². The largest absolute Gasteiger partial charge is 0.490 e. The normalized spacial score (nSPS) is 16.7. The SMILES string of the molecule is O=C(NCc1cn2ccccc2n1)c1ccccc1OCC1CCCO1. The Balaban J connectivity index is 1.40. The highest BCUT2D eigenvalue weighted by atomic mass is 16.5. The predicted octanol–water partition coefficient (Wildman–Crippen LogP) is 2.82. The Bertz CT molecular complexity index is 867. The zero-order valence-electron chi connectivity index (χ0n) is 14.4. The minimum absolute atomic E-state index is 0.115. The van der Waals surface area contributed by atoms with Crippen LogP contribution in [-0.2, 0) is 11.3 Å². The maximum atomic E-state index is 12.6. The van der Waals surface area contributed by atoms with Crippen molar-refractivity contribution in [3.8, 4) is 5.75 Å². The third-order valence-electron chi connectivity index (χ3n) is 4.42. The standard InChI is InChI=1S/C20H21N3O3/c24-20(21-12-15-13-23-10-4-3-9-19(23)22-15)17-7-1-2-8-18(17)26-14-16-6-5-11-25-16/h1-4,7-10,13,16H,5-6,11-12,14H2,(H,21,24). The molecule has 0 radical (unpaired) electrons. The zero-order chi connectivity index (χ0) is 17.8. The molecule has 6 nitrogen and oxygen atoms in total. The molecule has 3 aromatic rings. The molecule has 0 bridgehead atoms. The van der Waals surface area contributed by atoms with Gasteiger partial charge in [-0.05, 0) is 37.1 Å². The summed E-state index contributed by atoms with van der Waals surface area (Å²) in [5.41, 5.74) is 2.19. The van der Waals surface area contributed by atoms with Gasteiger partial charge >= 0.3 is 0 Å². The number of carbonyl (C=O) groups excluding carboxylic acids is 1. The van der Waals surface area contributed by atoms with E-state index >= 15 is 0 Å². The molecule has 3 heterocycles. The van der Waals surface area contributed by atoms with E-state index in [1.165, 1.54) is 0 Å². The summed E-state index contributed by atoms with van der Waals surface area (Å²) in [4.78, 5) is 17.1. The van der Waals surface area contributed by atoms with Gasteiger partial charge in [-0.25, -0.2) is 4.98 Å². The highest BCUT2D eigenvalue weighted by Gasteiger charge is 2.18. The van der Waals surface area contributed by atoms with E-state index in [1.807, 2.05) is 53.2 Å². The van der Waals surface area contributed by atoms with Crippen molar-refractivity contribution in [3.63, 3.8) is 0 Å². The first-order valence-corrected chi connectivity index (χ1v) is 8.84. The number of ether oxygens (including phenoxy) is 2. The van der Waals surface area contributed by atoms with Gasteiger partial charge in [-0.1, -0.05) is 18.2 Å². The van der Waals surface area contributed by atoms with Crippen LogP contribution in [0.5, 0.6) is 5.75 Å². The van der Waals surface area contributed by atoms with Crippen LogP contribution in [0.25, 0.3) is 5.65 Å². The van der Waals surface area contributed by atoms with Crippen LogP contribution in [0, 0.1) is 0 Å². The van der Waals surface area contributed by atoms with Crippen LogP contribution < -0.4 is 10.1 Å². The first-order chi connectivity index (χ1) is 12.8. The molecule has 6 heteroatoms. The molecule has 1 amide bonds. The number of amides is 1. The number of rotatable bonds is 6.